The molecule has 1 aromatic carbocycles. The van der Waals surface area contributed by atoms with Gasteiger partial charge < -0.3 is 14.8 Å². The standard InChI is InChI=1S/C16H18N2O2S/c1-11-3-4-13(10-17-11)18-9-12-7-14-15(8-16(12)21-2)20-6-5-19-14/h3-4,7-8,10,18H,5-6,9H2,1-2H3. The maximum absolute atomic E-state index is 5.66. The van der Waals surface area contributed by atoms with E-state index in [0.717, 1.165) is 29.4 Å². The van der Waals surface area contributed by atoms with E-state index in [1.807, 2.05) is 25.3 Å². The number of hydrogen-bond donors (Lipinski definition) is 1. The maximum atomic E-state index is 5.66. The van der Waals surface area contributed by atoms with Gasteiger partial charge in [0.25, 0.3) is 0 Å². The number of pyridine rings is 1. The van der Waals surface area contributed by atoms with Crippen molar-refractivity contribution in [2.45, 2.75) is 18.4 Å². The van der Waals surface area contributed by atoms with E-state index in [2.05, 4.69) is 28.7 Å². The van der Waals surface area contributed by atoms with Crippen LogP contribution in [-0.4, -0.2) is 24.5 Å². The molecule has 0 fully saturated rings. The molecule has 0 aliphatic carbocycles. The zero-order chi connectivity index (χ0) is 14.7. The minimum absolute atomic E-state index is 0.611. The molecule has 5 heteroatoms. The molecule has 110 valence electrons. The van der Waals surface area contributed by atoms with Crippen LogP contribution in [0.5, 0.6) is 11.5 Å². The SMILES string of the molecule is CSc1cc2c(cc1CNc1ccc(C)nc1)OCCO2. The average molecular weight is 302 g/mol. The molecule has 2 heterocycles. The highest BCUT2D eigenvalue weighted by molar-refractivity contribution is 7.98. The van der Waals surface area contributed by atoms with Crippen LogP contribution < -0.4 is 14.8 Å². The van der Waals surface area contributed by atoms with Crippen molar-refractivity contribution in [1.29, 1.82) is 0 Å². The van der Waals surface area contributed by atoms with E-state index in [9.17, 15) is 0 Å². The van der Waals surface area contributed by atoms with Gasteiger partial charge in [-0.15, -0.1) is 11.8 Å². The van der Waals surface area contributed by atoms with Gasteiger partial charge in [0, 0.05) is 17.1 Å². The van der Waals surface area contributed by atoms with Gasteiger partial charge in [-0.25, -0.2) is 0 Å². The largest absolute Gasteiger partial charge is 0.486 e. The van der Waals surface area contributed by atoms with E-state index >= 15 is 0 Å². The summed E-state index contributed by atoms with van der Waals surface area (Å²) in [5, 5.41) is 3.40. The number of thioether (sulfide) groups is 1. The molecule has 1 aromatic heterocycles. The first-order valence-corrected chi connectivity index (χ1v) is 8.12. The molecule has 0 bridgehead atoms. The van der Waals surface area contributed by atoms with Crippen LogP contribution in [0.3, 0.4) is 0 Å². The van der Waals surface area contributed by atoms with Gasteiger partial charge in [0.2, 0.25) is 0 Å². The molecule has 0 radical (unpaired) electrons. The Balaban J connectivity index is 1.79. The Morgan fingerprint density at radius 3 is 2.62 bits per heavy atom. The van der Waals surface area contributed by atoms with Crippen molar-refractivity contribution >= 4 is 17.4 Å². The molecular formula is C16H18N2O2S. The first kappa shape index (κ1) is 14.1. The van der Waals surface area contributed by atoms with Crippen LogP contribution in [0.1, 0.15) is 11.3 Å². The van der Waals surface area contributed by atoms with Crippen LogP contribution in [0.2, 0.25) is 0 Å². The summed E-state index contributed by atoms with van der Waals surface area (Å²) in [5.74, 6) is 1.67. The number of fused-ring (bicyclic) bond motifs is 1. The highest BCUT2D eigenvalue weighted by Crippen LogP contribution is 2.36. The van der Waals surface area contributed by atoms with E-state index in [4.69, 9.17) is 9.47 Å². The molecule has 0 atom stereocenters. The van der Waals surface area contributed by atoms with Crippen LogP contribution in [0.25, 0.3) is 0 Å². The lowest BCUT2D eigenvalue weighted by Crippen LogP contribution is -2.16. The smallest absolute Gasteiger partial charge is 0.162 e. The lowest BCUT2D eigenvalue weighted by Gasteiger charge is -2.21. The molecule has 0 spiro atoms. The Bertz CT molecular complexity index is 629. The van der Waals surface area contributed by atoms with Gasteiger partial charge in [-0.3, -0.25) is 4.98 Å². The Labute approximate surface area is 128 Å². The summed E-state index contributed by atoms with van der Waals surface area (Å²) < 4.78 is 11.3. The van der Waals surface area contributed by atoms with Gasteiger partial charge in [-0.2, -0.15) is 0 Å². The summed E-state index contributed by atoms with van der Waals surface area (Å²) in [4.78, 5) is 5.49. The molecule has 3 rings (SSSR count). The quantitative estimate of drug-likeness (QED) is 0.876. The molecular weight excluding hydrogens is 284 g/mol. The van der Waals surface area contributed by atoms with E-state index in [-0.39, 0.29) is 0 Å². The van der Waals surface area contributed by atoms with Gasteiger partial charge in [0.15, 0.2) is 11.5 Å². The number of aryl methyl sites for hydroxylation is 1. The van der Waals surface area contributed by atoms with Gasteiger partial charge in [-0.1, -0.05) is 0 Å². The summed E-state index contributed by atoms with van der Waals surface area (Å²) in [6, 6.07) is 8.17. The van der Waals surface area contributed by atoms with Crippen LogP contribution in [0.15, 0.2) is 35.4 Å². The molecule has 0 unspecified atom stereocenters. The Kier molecular flexibility index (Phi) is 4.20. The number of rotatable bonds is 4. The summed E-state index contributed by atoms with van der Waals surface area (Å²) in [6.07, 6.45) is 3.93. The second-order valence-corrected chi connectivity index (χ2v) is 5.70. The molecule has 21 heavy (non-hydrogen) atoms. The third-order valence-electron chi connectivity index (χ3n) is 3.34. The minimum atomic E-state index is 0.611. The van der Waals surface area contributed by atoms with E-state index < -0.39 is 0 Å². The minimum Gasteiger partial charge on any atom is -0.486 e. The number of hydrogen-bond acceptors (Lipinski definition) is 5. The fourth-order valence-corrected chi connectivity index (χ4v) is 2.83. The summed E-state index contributed by atoms with van der Waals surface area (Å²) in [7, 11) is 0. The molecule has 0 saturated heterocycles. The fraction of sp³-hybridized carbons (Fsp3) is 0.312. The summed E-state index contributed by atoms with van der Waals surface area (Å²) >= 11 is 1.71. The van der Waals surface area contributed by atoms with Gasteiger partial charge >= 0.3 is 0 Å². The van der Waals surface area contributed by atoms with Crippen molar-refractivity contribution in [1.82, 2.24) is 4.98 Å². The highest BCUT2D eigenvalue weighted by atomic mass is 32.2. The molecule has 0 amide bonds. The van der Waals surface area contributed by atoms with Gasteiger partial charge in [-0.05, 0) is 43.0 Å². The van der Waals surface area contributed by atoms with Crippen molar-refractivity contribution in [2.75, 3.05) is 24.8 Å². The first-order chi connectivity index (χ1) is 10.3. The van der Waals surface area contributed by atoms with Gasteiger partial charge in [0.05, 0.1) is 11.9 Å². The van der Waals surface area contributed by atoms with E-state index in [1.165, 1.54) is 10.5 Å². The molecule has 1 N–H and O–H groups in total. The molecule has 1 aliphatic rings. The van der Waals surface area contributed by atoms with E-state index in [0.29, 0.717) is 13.2 Å². The average Bonchev–Trinajstić information content (AvgIpc) is 2.53. The second kappa shape index (κ2) is 6.26. The van der Waals surface area contributed by atoms with E-state index in [1.54, 1.807) is 11.8 Å². The second-order valence-electron chi connectivity index (χ2n) is 4.85. The third-order valence-corrected chi connectivity index (χ3v) is 4.16. The number of benzene rings is 1. The molecule has 4 nitrogen and oxygen atoms in total. The van der Waals surface area contributed by atoms with Crippen molar-refractivity contribution < 1.29 is 9.47 Å². The number of anilines is 1. The van der Waals surface area contributed by atoms with Crippen LogP contribution >= 0.6 is 11.8 Å². The number of ether oxygens (including phenoxy) is 2. The lowest BCUT2D eigenvalue weighted by atomic mass is 10.2. The molecule has 1 aliphatic heterocycles. The van der Waals surface area contributed by atoms with Crippen LogP contribution in [0, 0.1) is 6.92 Å². The third kappa shape index (κ3) is 3.24. The van der Waals surface area contributed by atoms with Crippen molar-refractivity contribution in [3.05, 3.63) is 41.7 Å². The predicted molar refractivity (Wildman–Crippen MR) is 85.5 cm³/mol. The zero-order valence-corrected chi connectivity index (χ0v) is 13.0. The van der Waals surface area contributed by atoms with Crippen LogP contribution in [0.4, 0.5) is 5.69 Å². The number of nitrogens with one attached hydrogen (secondary N) is 1. The topological polar surface area (TPSA) is 43.4 Å². The Morgan fingerprint density at radius 2 is 1.95 bits per heavy atom. The van der Waals surface area contributed by atoms with Crippen molar-refractivity contribution in [2.24, 2.45) is 0 Å². The van der Waals surface area contributed by atoms with Crippen molar-refractivity contribution in [3.63, 3.8) is 0 Å². The molecule has 0 saturated carbocycles. The highest BCUT2D eigenvalue weighted by Gasteiger charge is 2.15. The number of aromatic nitrogens is 1. The molecule has 2 aromatic rings. The zero-order valence-electron chi connectivity index (χ0n) is 12.2. The van der Waals surface area contributed by atoms with Crippen LogP contribution in [-0.2, 0) is 6.54 Å². The summed E-state index contributed by atoms with van der Waals surface area (Å²) in [5.41, 5.74) is 3.24. The normalized spacial score (nSPS) is 13.0. The van der Waals surface area contributed by atoms with Gasteiger partial charge in [0.1, 0.15) is 13.2 Å². The number of nitrogens with zero attached hydrogens (tertiary/aromatic N) is 1. The first-order valence-electron chi connectivity index (χ1n) is 6.89. The van der Waals surface area contributed by atoms with Crippen molar-refractivity contribution in [3.8, 4) is 11.5 Å². The fourth-order valence-electron chi connectivity index (χ4n) is 2.21. The summed E-state index contributed by atoms with van der Waals surface area (Å²) in [6.45, 7) is 3.95. The monoisotopic (exact) mass is 302 g/mol. The predicted octanol–water partition coefficient (Wildman–Crippen LogP) is 3.50. The lowest BCUT2D eigenvalue weighted by molar-refractivity contribution is 0.171. The Hall–Kier alpha value is -1.88. The Morgan fingerprint density at radius 1 is 1.19 bits per heavy atom. The maximum Gasteiger partial charge on any atom is 0.162 e.